The Balaban J connectivity index is 1.46. The summed E-state index contributed by atoms with van der Waals surface area (Å²) < 4.78 is 101. The van der Waals surface area contributed by atoms with Crippen molar-refractivity contribution < 1.29 is 55.1 Å². The zero-order chi connectivity index (χ0) is 33.7. The van der Waals surface area contributed by atoms with Crippen LogP contribution in [-0.4, -0.2) is 35.2 Å². The Morgan fingerprint density at radius 3 is 2.22 bits per heavy atom. The molecule has 14 heteroatoms. The quantitative estimate of drug-likeness (QED) is 0.140. The molecule has 1 aliphatic carbocycles. The Labute approximate surface area is 260 Å². The van der Waals surface area contributed by atoms with Crippen LogP contribution in [0.15, 0.2) is 53.1 Å². The van der Waals surface area contributed by atoms with Gasteiger partial charge >= 0.3 is 19.5 Å². The number of fused-ring (bicyclic) bond motifs is 3. The first kappa shape index (κ1) is 33.7. The Hall–Kier alpha value is -3.65. The van der Waals surface area contributed by atoms with E-state index in [2.05, 4.69) is 0 Å². The minimum Gasteiger partial charge on any atom is -0.505 e. The topological polar surface area (TPSA) is 87.1 Å². The highest BCUT2D eigenvalue weighted by Gasteiger charge is 2.57. The highest BCUT2D eigenvalue weighted by molar-refractivity contribution is 6.43. The molecule has 5 rings (SSSR count). The Morgan fingerprint density at radius 2 is 1.65 bits per heavy atom. The van der Waals surface area contributed by atoms with Crippen LogP contribution < -0.4 is 4.90 Å². The van der Waals surface area contributed by atoms with Crippen LogP contribution in [0.2, 0.25) is 6.32 Å². The fourth-order valence-corrected chi connectivity index (χ4v) is 6.94. The van der Waals surface area contributed by atoms with Crippen LogP contribution in [0.25, 0.3) is 6.08 Å². The molecule has 2 aliphatic heterocycles. The summed E-state index contributed by atoms with van der Waals surface area (Å²) in [5, 5.41) is 20.2. The molecule has 2 amide bonds. The van der Waals surface area contributed by atoms with Gasteiger partial charge in [0.25, 0.3) is 0 Å². The number of allylic oxidation sites excluding steroid dienone is 2. The molecule has 0 aromatic heterocycles. The van der Waals surface area contributed by atoms with Gasteiger partial charge in [-0.3, -0.25) is 9.59 Å². The van der Waals surface area contributed by atoms with E-state index in [-0.39, 0.29) is 18.8 Å². The molecule has 2 heterocycles. The maximum Gasteiger partial charge on any atom is 0.455 e. The predicted octanol–water partition coefficient (Wildman–Crippen LogP) is 7.55. The lowest BCUT2D eigenvalue weighted by molar-refractivity contribution is -0.143. The number of hydrogen-bond donors (Lipinski definition) is 2. The van der Waals surface area contributed by atoms with Crippen molar-refractivity contribution in [2.45, 2.75) is 70.7 Å². The Morgan fingerprint density at radius 1 is 1.00 bits per heavy atom. The smallest absolute Gasteiger partial charge is 0.455 e. The van der Waals surface area contributed by atoms with Gasteiger partial charge in [-0.2, -0.15) is 26.3 Å². The molecule has 2 N–H and O–H groups in total. The number of halogens is 7. The number of nitrogens with zero attached hydrogens (tertiary/aromatic N) is 1. The maximum atomic E-state index is 13.9. The monoisotopic (exact) mass is 653 g/mol. The lowest BCUT2D eigenvalue weighted by Crippen LogP contribution is -2.46. The van der Waals surface area contributed by atoms with Crippen LogP contribution in [0.5, 0.6) is 5.75 Å². The number of phenolic OH excluding ortho intramolecular Hbond substituents is 1. The summed E-state index contributed by atoms with van der Waals surface area (Å²) in [4.78, 5) is 27.9. The van der Waals surface area contributed by atoms with Crippen LogP contribution in [0.3, 0.4) is 0 Å². The van der Waals surface area contributed by atoms with Crippen molar-refractivity contribution in [1.82, 2.24) is 0 Å². The van der Waals surface area contributed by atoms with Gasteiger partial charge in [-0.05, 0) is 85.8 Å². The molecule has 0 unspecified atom stereocenters. The number of amides is 2. The molecule has 6 nitrogen and oxygen atoms in total. The van der Waals surface area contributed by atoms with E-state index in [4.69, 9.17) is 4.65 Å². The second-order valence-corrected chi connectivity index (χ2v) is 11.9. The first-order valence-corrected chi connectivity index (χ1v) is 14.9. The van der Waals surface area contributed by atoms with Gasteiger partial charge in [0.05, 0.1) is 34.8 Å². The molecule has 2 fully saturated rings. The number of aromatic hydroxyl groups is 1. The van der Waals surface area contributed by atoms with E-state index < -0.39 is 83.5 Å². The fourth-order valence-electron chi connectivity index (χ4n) is 6.94. The van der Waals surface area contributed by atoms with Crippen LogP contribution in [-0.2, 0) is 26.6 Å². The van der Waals surface area contributed by atoms with Crippen LogP contribution in [0.1, 0.15) is 62.6 Å². The highest BCUT2D eigenvalue weighted by Crippen LogP contribution is 2.52. The summed E-state index contributed by atoms with van der Waals surface area (Å²) in [5.74, 6) is -5.92. The molecule has 0 bridgehead atoms. The number of anilines is 1. The van der Waals surface area contributed by atoms with E-state index in [1.165, 1.54) is 12.1 Å². The fraction of sp³-hybridized carbons (Fsp3) is 0.438. The average Bonchev–Trinajstić information content (AvgIpc) is 3.24. The standard InChI is InChI=1S/C32H31BF7NO5/c1-3-16(9-17-5-7-25(42)24(34)10-17)6-8-26-27-18(4-2)11-22-28(23(27)15-33(45)46-26)30(44)41(29(22)43)21-13-19(31(35,36)37)12-20(14-21)32(38,39)40/h5,7,9-10,12-14,22-23,26,28,42,45H,3-4,6,8,11,15H2,1-2H3/b16-9+/t22-,23+,26-,28-/m1/s1. The second-order valence-electron chi connectivity index (χ2n) is 11.9. The zero-order valence-electron chi connectivity index (χ0n) is 24.9. The molecule has 0 saturated carbocycles. The largest absolute Gasteiger partial charge is 0.505 e. The third-order valence-corrected chi connectivity index (χ3v) is 9.09. The molecule has 0 radical (unpaired) electrons. The lowest BCUT2D eigenvalue weighted by atomic mass is 9.58. The summed E-state index contributed by atoms with van der Waals surface area (Å²) in [6.45, 7) is 3.74. The van der Waals surface area contributed by atoms with E-state index in [1.807, 2.05) is 13.8 Å². The summed E-state index contributed by atoms with van der Waals surface area (Å²) >= 11 is 0. The van der Waals surface area contributed by atoms with Crippen molar-refractivity contribution >= 4 is 30.7 Å². The van der Waals surface area contributed by atoms with Crippen molar-refractivity contribution in [1.29, 1.82) is 0 Å². The summed E-state index contributed by atoms with van der Waals surface area (Å²) in [6.07, 6.45) is -7.44. The van der Waals surface area contributed by atoms with Gasteiger partial charge in [0.2, 0.25) is 11.8 Å². The number of imide groups is 1. The van der Waals surface area contributed by atoms with Crippen molar-refractivity contribution in [2.75, 3.05) is 4.90 Å². The predicted molar refractivity (Wildman–Crippen MR) is 155 cm³/mol. The molecule has 2 saturated heterocycles. The molecule has 2 aromatic rings. The lowest BCUT2D eigenvalue weighted by Gasteiger charge is -2.43. The molecule has 46 heavy (non-hydrogen) atoms. The molecule has 0 spiro atoms. The number of phenols is 1. The van der Waals surface area contributed by atoms with Gasteiger partial charge in [-0.1, -0.05) is 37.1 Å². The molecule has 4 atom stereocenters. The number of carbonyl (C=O) groups excluding carboxylic acids is 2. The molecule has 2 aromatic carbocycles. The normalized spacial score (nSPS) is 24.1. The first-order valence-electron chi connectivity index (χ1n) is 14.9. The van der Waals surface area contributed by atoms with Crippen LogP contribution >= 0.6 is 0 Å². The second kappa shape index (κ2) is 12.5. The number of rotatable bonds is 7. The van der Waals surface area contributed by atoms with Gasteiger partial charge in [0.1, 0.15) is 0 Å². The Bertz CT molecular complexity index is 1570. The number of hydrogen-bond acceptors (Lipinski definition) is 5. The minimum atomic E-state index is -5.17. The van der Waals surface area contributed by atoms with Crippen molar-refractivity contribution in [3.63, 3.8) is 0 Å². The summed E-state index contributed by atoms with van der Waals surface area (Å²) in [6, 6.07) is 4.67. The van der Waals surface area contributed by atoms with E-state index in [0.717, 1.165) is 11.1 Å². The van der Waals surface area contributed by atoms with Crippen molar-refractivity contribution in [3.8, 4) is 5.75 Å². The van der Waals surface area contributed by atoms with E-state index in [0.29, 0.717) is 53.9 Å². The van der Waals surface area contributed by atoms with Gasteiger partial charge in [0.15, 0.2) is 11.6 Å². The zero-order valence-corrected chi connectivity index (χ0v) is 24.9. The van der Waals surface area contributed by atoms with E-state index in [1.54, 1.807) is 12.1 Å². The average molecular weight is 653 g/mol. The first-order chi connectivity index (χ1) is 21.5. The van der Waals surface area contributed by atoms with Gasteiger partial charge in [-0.25, -0.2) is 9.29 Å². The molecule has 246 valence electrons. The third kappa shape index (κ3) is 6.46. The molecular formula is C32H31BF7NO5. The van der Waals surface area contributed by atoms with E-state index >= 15 is 0 Å². The maximum absolute atomic E-state index is 13.9. The number of benzene rings is 2. The van der Waals surface area contributed by atoms with Crippen LogP contribution in [0, 0.1) is 23.6 Å². The van der Waals surface area contributed by atoms with Gasteiger partial charge in [-0.15, -0.1) is 0 Å². The molecular weight excluding hydrogens is 622 g/mol. The SMILES string of the molecule is CCC1=C2[C@@H](CC/C(=C/c3ccc(O)c(F)c3)CC)OB(O)C[C@@H]2[C@@H]2C(=O)N(c3cc(C(F)(F)F)cc(C(F)(F)F)c3)C(=O)[C@@H]2C1. The van der Waals surface area contributed by atoms with Crippen LogP contribution in [0.4, 0.5) is 36.4 Å². The van der Waals surface area contributed by atoms with Gasteiger partial charge < -0.3 is 14.8 Å². The third-order valence-electron chi connectivity index (χ3n) is 9.09. The van der Waals surface area contributed by atoms with E-state index in [9.17, 15) is 50.5 Å². The highest BCUT2D eigenvalue weighted by atomic mass is 19.4. The summed E-state index contributed by atoms with van der Waals surface area (Å²) in [5.41, 5.74) is -1.16. The summed E-state index contributed by atoms with van der Waals surface area (Å²) in [7, 11) is -1.34. The number of carbonyl (C=O) groups is 2. The minimum absolute atomic E-state index is 0.0625. The van der Waals surface area contributed by atoms with Gasteiger partial charge in [0, 0.05) is 0 Å². The van der Waals surface area contributed by atoms with Crippen molar-refractivity contribution in [2.24, 2.45) is 17.8 Å². The molecule has 3 aliphatic rings. The number of alkyl halides is 6. The van der Waals surface area contributed by atoms with Crippen molar-refractivity contribution in [3.05, 3.63) is 75.6 Å². The Kier molecular flexibility index (Phi) is 9.17.